The molecule has 0 aromatic carbocycles. The van der Waals surface area contributed by atoms with Crippen LogP contribution in [0.25, 0.3) is 0 Å². The molecule has 0 radical (unpaired) electrons. The summed E-state index contributed by atoms with van der Waals surface area (Å²) in [5, 5.41) is 0. The first-order valence-corrected chi connectivity index (χ1v) is 10.5. The molecule has 0 atom stereocenters. The third-order valence-electron chi connectivity index (χ3n) is 1.78. The molecule has 0 aromatic heterocycles. The van der Waals surface area contributed by atoms with Gasteiger partial charge in [0.1, 0.15) is 0 Å². The molecule has 2 nitrogen and oxygen atoms in total. The van der Waals surface area contributed by atoms with Crippen molar-refractivity contribution in [3.05, 3.63) is 0 Å². The fourth-order valence-corrected chi connectivity index (χ4v) is 4.23. The van der Waals surface area contributed by atoms with E-state index in [0.29, 0.717) is 13.2 Å². The quantitative estimate of drug-likeness (QED) is 0.607. The maximum Gasteiger partial charge on any atom is 0.185 e. The number of hydrogen-bond donors (Lipinski definition) is 0. The minimum atomic E-state index is -1.91. The van der Waals surface area contributed by atoms with E-state index in [9.17, 15) is 0 Å². The molecule has 6 heteroatoms. The van der Waals surface area contributed by atoms with Gasteiger partial charge in [-0.15, -0.1) is 0 Å². The van der Waals surface area contributed by atoms with E-state index in [2.05, 4.69) is 6.66 Å². The molecular formula is C6H14O2P2S2. The van der Waals surface area contributed by atoms with Gasteiger partial charge in [0.2, 0.25) is 0 Å². The number of hydrogen-bond acceptors (Lipinski definition) is 4. The van der Waals surface area contributed by atoms with Gasteiger partial charge in [0.25, 0.3) is 0 Å². The highest BCUT2D eigenvalue weighted by Gasteiger charge is 2.19. The lowest BCUT2D eigenvalue weighted by Crippen LogP contribution is -2.10. The molecule has 1 aliphatic heterocycles. The topological polar surface area (TPSA) is 18.5 Å². The Labute approximate surface area is 84.2 Å². The van der Waals surface area contributed by atoms with Crippen molar-refractivity contribution >= 4 is 36.1 Å². The molecule has 0 bridgehead atoms. The first-order chi connectivity index (χ1) is 5.41. The van der Waals surface area contributed by atoms with Crippen LogP contribution in [0.15, 0.2) is 0 Å². The van der Waals surface area contributed by atoms with E-state index in [0.717, 1.165) is 12.3 Å². The van der Waals surface area contributed by atoms with Crippen LogP contribution < -0.4 is 0 Å². The van der Waals surface area contributed by atoms with Gasteiger partial charge in [-0.1, -0.05) is 11.8 Å². The fourth-order valence-electron chi connectivity index (χ4n) is 0.949. The summed E-state index contributed by atoms with van der Waals surface area (Å²) in [6.07, 6.45) is 2.02. The minimum absolute atomic E-state index is 0.696. The normalized spacial score (nSPS) is 44.8. The van der Waals surface area contributed by atoms with E-state index in [1.807, 2.05) is 6.66 Å². The molecule has 1 fully saturated rings. The van der Waals surface area contributed by atoms with Gasteiger partial charge in [-0.3, -0.25) is 0 Å². The molecule has 0 N–H and O–H groups in total. The highest BCUT2D eigenvalue weighted by molar-refractivity contribution is 8.14. The Balaban J connectivity index is 2.57. The van der Waals surface area contributed by atoms with Crippen LogP contribution in [0, 0.1) is 0 Å². The molecule has 12 heavy (non-hydrogen) atoms. The third kappa shape index (κ3) is 3.95. The first-order valence-electron chi connectivity index (χ1n) is 3.83. The summed E-state index contributed by atoms with van der Waals surface area (Å²) in [5.74, 6) is 0. The van der Waals surface area contributed by atoms with Crippen molar-refractivity contribution < 1.29 is 9.05 Å². The largest absolute Gasteiger partial charge is 0.329 e. The predicted molar refractivity (Wildman–Crippen MR) is 62.1 cm³/mol. The van der Waals surface area contributed by atoms with E-state index in [4.69, 9.17) is 32.7 Å². The maximum atomic E-state index is 5.47. The van der Waals surface area contributed by atoms with E-state index >= 15 is 0 Å². The van der Waals surface area contributed by atoms with Crippen LogP contribution in [0.1, 0.15) is 0 Å². The van der Waals surface area contributed by atoms with Crippen LogP contribution in [0.3, 0.4) is 0 Å². The molecule has 0 amide bonds. The SMILES string of the molecule is CP1(=S)CCOP(C)(=S)OCC1. The summed E-state index contributed by atoms with van der Waals surface area (Å²) in [4.78, 5) is 0. The predicted octanol–water partition coefficient (Wildman–Crippen LogP) is 2.08. The molecule has 1 heterocycles. The van der Waals surface area contributed by atoms with Gasteiger partial charge < -0.3 is 9.05 Å². The van der Waals surface area contributed by atoms with Crippen molar-refractivity contribution in [1.29, 1.82) is 0 Å². The van der Waals surface area contributed by atoms with Gasteiger partial charge in [-0.25, -0.2) is 0 Å². The number of rotatable bonds is 0. The first kappa shape index (κ1) is 11.3. The summed E-state index contributed by atoms with van der Waals surface area (Å²) < 4.78 is 10.9. The zero-order valence-corrected chi connectivity index (χ0v) is 10.8. The molecule has 72 valence electrons. The standard InChI is InChI=1S/C6H14O2P2S2/c1-9(11)5-3-7-10(2,12)8-4-6-9/h3-6H2,1-2H3. The second-order valence-corrected chi connectivity index (χ2v) is 13.4. The van der Waals surface area contributed by atoms with Crippen LogP contribution >= 0.6 is 12.5 Å². The van der Waals surface area contributed by atoms with Crippen LogP contribution in [0.2, 0.25) is 0 Å². The third-order valence-corrected chi connectivity index (χ3v) is 7.07. The molecule has 1 aliphatic rings. The molecular weight excluding hydrogens is 230 g/mol. The summed E-state index contributed by atoms with van der Waals surface area (Å²) in [6, 6.07) is -1.16. The van der Waals surface area contributed by atoms with Gasteiger partial charge in [0, 0.05) is 19.0 Å². The average molecular weight is 244 g/mol. The molecule has 0 saturated carbocycles. The fraction of sp³-hybridized carbons (Fsp3) is 1.00. The van der Waals surface area contributed by atoms with Gasteiger partial charge in [0.05, 0.1) is 13.2 Å². The second kappa shape index (κ2) is 4.16. The van der Waals surface area contributed by atoms with Crippen molar-refractivity contribution in [2.75, 3.05) is 38.9 Å². The monoisotopic (exact) mass is 244 g/mol. The molecule has 0 aliphatic carbocycles. The zero-order valence-electron chi connectivity index (χ0n) is 7.36. The van der Waals surface area contributed by atoms with Crippen molar-refractivity contribution in [3.8, 4) is 0 Å². The van der Waals surface area contributed by atoms with Crippen molar-refractivity contribution in [2.45, 2.75) is 0 Å². The van der Waals surface area contributed by atoms with Crippen LogP contribution in [-0.4, -0.2) is 38.9 Å². The second-order valence-electron chi connectivity index (χ2n) is 3.18. The molecule has 0 unspecified atom stereocenters. The molecule has 1 rings (SSSR count). The molecule has 0 aromatic rings. The smallest absolute Gasteiger partial charge is 0.185 e. The summed E-state index contributed by atoms with van der Waals surface area (Å²) in [5.41, 5.74) is 0. The van der Waals surface area contributed by atoms with Crippen molar-refractivity contribution in [3.63, 3.8) is 0 Å². The van der Waals surface area contributed by atoms with Gasteiger partial charge in [0.15, 0.2) is 6.49 Å². The summed E-state index contributed by atoms with van der Waals surface area (Å²) in [7, 11) is 0. The Morgan fingerprint density at radius 2 is 1.42 bits per heavy atom. The Morgan fingerprint density at radius 1 is 1.00 bits per heavy atom. The van der Waals surface area contributed by atoms with E-state index in [-0.39, 0.29) is 0 Å². The summed E-state index contributed by atoms with van der Waals surface area (Å²) in [6.45, 7) is 3.53. The summed E-state index contributed by atoms with van der Waals surface area (Å²) >= 11 is 10.6. The van der Waals surface area contributed by atoms with E-state index < -0.39 is 12.5 Å². The van der Waals surface area contributed by atoms with Gasteiger partial charge in [-0.05, 0) is 24.5 Å². The average Bonchev–Trinajstić information content (AvgIpc) is 1.82. The Kier molecular flexibility index (Phi) is 3.92. The Morgan fingerprint density at radius 3 is 1.83 bits per heavy atom. The highest BCUT2D eigenvalue weighted by Crippen LogP contribution is 2.50. The van der Waals surface area contributed by atoms with Crippen LogP contribution in [-0.2, 0) is 32.7 Å². The van der Waals surface area contributed by atoms with E-state index in [1.54, 1.807) is 0 Å². The molecule has 1 saturated heterocycles. The van der Waals surface area contributed by atoms with Gasteiger partial charge >= 0.3 is 0 Å². The molecule has 0 spiro atoms. The lowest BCUT2D eigenvalue weighted by molar-refractivity contribution is 0.268. The van der Waals surface area contributed by atoms with Crippen molar-refractivity contribution in [2.24, 2.45) is 0 Å². The highest BCUT2D eigenvalue weighted by atomic mass is 32.5. The van der Waals surface area contributed by atoms with E-state index in [1.165, 1.54) is 0 Å². The van der Waals surface area contributed by atoms with Crippen LogP contribution in [0.4, 0.5) is 0 Å². The lowest BCUT2D eigenvalue weighted by atomic mass is 10.9. The zero-order chi connectivity index (χ0) is 9.24. The lowest BCUT2D eigenvalue weighted by Gasteiger charge is -2.25. The Bertz CT molecular complexity index is 212. The minimum Gasteiger partial charge on any atom is -0.329 e. The van der Waals surface area contributed by atoms with Crippen LogP contribution in [0.5, 0.6) is 0 Å². The van der Waals surface area contributed by atoms with Crippen molar-refractivity contribution in [1.82, 2.24) is 0 Å². The maximum absolute atomic E-state index is 5.47. The Hall–Kier alpha value is 1.22. The van der Waals surface area contributed by atoms with Gasteiger partial charge in [-0.2, -0.15) is 0 Å².